The molecule has 0 saturated carbocycles. The van der Waals surface area contributed by atoms with Gasteiger partial charge in [0.2, 0.25) is 11.4 Å². The number of hydrogen-bond donors (Lipinski definition) is 0. The van der Waals surface area contributed by atoms with Crippen LogP contribution in [0.1, 0.15) is 82.0 Å². The summed E-state index contributed by atoms with van der Waals surface area (Å²) in [5, 5.41) is 0. The lowest BCUT2D eigenvalue weighted by Crippen LogP contribution is -2.31. The third kappa shape index (κ3) is 6.10. The maximum Gasteiger partial charge on any atom is 0.212 e. The molecule has 0 aliphatic rings. The molecular formula is C34H44N2+2. The topological polar surface area (TPSA) is 7.76 Å². The van der Waals surface area contributed by atoms with Crippen LogP contribution in [0, 0.1) is 48.3 Å². The second kappa shape index (κ2) is 11.2. The van der Waals surface area contributed by atoms with Crippen LogP contribution in [-0.4, -0.2) is 0 Å². The van der Waals surface area contributed by atoms with Gasteiger partial charge in [-0.2, -0.15) is 0 Å². The van der Waals surface area contributed by atoms with Crippen LogP contribution < -0.4 is 9.13 Å². The van der Waals surface area contributed by atoms with E-state index in [0.717, 1.165) is 33.6 Å². The molecule has 0 N–H and O–H groups in total. The molecule has 2 heteroatoms. The minimum absolute atomic E-state index is 0.303. The first-order valence-electron chi connectivity index (χ1n) is 18.3. The highest BCUT2D eigenvalue weighted by atomic mass is 14.9. The molecule has 0 amide bonds. The minimum atomic E-state index is -2.43. The van der Waals surface area contributed by atoms with Crippen LogP contribution in [0.3, 0.4) is 0 Å². The summed E-state index contributed by atoms with van der Waals surface area (Å²) in [5.41, 5.74) is 7.85. The fraction of sp³-hybridized carbons (Fsp3) is 0.353. The number of aromatic nitrogens is 2. The van der Waals surface area contributed by atoms with Gasteiger partial charge >= 0.3 is 0 Å². The van der Waals surface area contributed by atoms with Gasteiger partial charge < -0.3 is 0 Å². The van der Waals surface area contributed by atoms with Crippen LogP contribution in [0.25, 0.3) is 22.5 Å². The van der Waals surface area contributed by atoms with Crippen LogP contribution in [0.5, 0.6) is 0 Å². The van der Waals surface area contributed by atoms with Gasteiger partial charge in [0.1, 0.15) is 14.1 Å². The second-order valence-electron chi connectivity index (χ2n) is 9.42. The monoisotopic (exact) mass is 493 g/mol. The average molecular weight is 494 g/mol. The lowest BCUT2D eigenvalue weighted by Gasteiger charge is -2.11. The zero-order chi connectivity index (χ0) is 37.7. The molecule has 0 aliphatic heterocycles. The van der Waals surface area contributed by atoms with Gasteiger partial charge in [-0.3, -0.25) is 0 Å². The standard InChI is InChI=1S/C18H24N.C16H20N/c1-12(2)16-7-8-17(14(4)9-16)18-10-13(3)15(5)11-19(18)6;1-11-6-7-15(13(3)8-11)16-9-12(2)14(4)10-17(16)5/h7-12H,1-6H3;6-10H,1-5H3/q2*+1/i1D3,5D3,12D;1D3,4D3. The number of benzene rings is 2. The van der Waals surface area contributed by atoms with Gasteiger partial charge in [-0.1, -0.05) is 43.6 Å². The van der Waals surface area contributed by atoms with Crippen molar-refractivity contribution in [3.63, 3.8) is 0 Å². The van der Waals surface area contributed by atoms with Gasteiger partial charge in [0.15, 0.2) is 12.4 Å². The molecule has 4 aromatic rings. The maximum atomic E-state index is 8.23. The van der Waals surface area contributed by atoms with Crippen molar-refractivity contribution in [2.45, 2.75) is 67.9 Å². The van der Waals surface area contributed by atoms with Crippen molar-refractivity contribution < 1.29 is 27.0 Å². The number of aryl methyl sites for hydroxylation is 9. The van der Waals surface area contributed by atoms with E-state index in [4.69, 9.17) is 17.8 Å². The van der Waals surface area contributed by atoms with E-state index >= 15 is 0 Å². The molecule has 0 bridgehead atoms. The Morgan fingerprint density at radius 3 is 1.61 bits per heavy atom. The third-order valence-corrected chi connectivity index (χ3v) is 6.40. The first-order chi connectivity index (χ1) is 22.1. The van der Waals surface area contributed by atoms with Crippen molar-refractivity contribution in [2.24, 2.45) is 14.1 Å². The first-order valence-corrected chi connectivity index (χ1v) is 11.8. The average Bonchev–Trinajstić information content (AvgIpc) is 2.93. The summed E-state index contributed by atoms with van der Waals surface area (Å²) < 4.78 is 103. The lowest BCUT2D eigenvalue weighted by atomic mass is 9.95. The fourth-order valence-corrected chi connectivity index (χ4v) is 4.17. The van der Waals surface area contributed by atoms with Crippen molar-refractivity contribution in [2.75, 3.05) is 0 Å². The van der Waals surface area contributed by atoms with Crippen LogP contribution in [0.4, 0.5) is 0 Å². The van der Waals surface area contributed by atoms with Crippen LogP contribution in [-0.2, 0) is 14.1 Å². The molecule has 2 nitrogen and oxygen atoms in total. The summed E-state index contributed by atoms with van der Waals surface area (Å²) in [7, 11) is 3.58. The zero-order valence-corrected chi connectivity index (χ0v) is 22.2. The van der Waals surface area contributed by atoms with Gasteiger partial charge in [0, 0.05) is 52.2 Å². The summed E-state index contributed by atoms with van der Waals surface area (Å²) in [6, 6.07) is 13.9. The number of rotatable bonds is 3. The predicted octanol–water partition coefficient (Wildman–Crippen LogP) is 7.64. The highest BCUT2D eigenvalue weighted by Crippen LogP contribution is 2.26. The summed E-state index contributed by atoms with van der Waals surface area (Å²) in [4.78, 5) is 0. The van der Waals surface area contributed by atoms with E-state index in [1.807, 2.05) is 26.0 Å². The normalized spacial score (nSPS) is 19.2. The molecule has 0 fully saturated rings. The predicted molar refractivity (Wildman–Crippen MR) is 153 cm³/mol. The summed E-state index contributed by atoms with van der Waals surface area (Å²) in [6.07, 6.45) is 3.23. The van der Waals surface area contributed by atoms with Crippen molar-refractivity contribution in [1.29, 1.82) is 0 Å². The van der Waals surface area contributed by atoms with Gasteiger partial charge in [-0.25, -0.2) is 9.13 Å². The molecule has 0 radical (unpaired) electrons. The molecule has 1 atom stereocenters. The maximum absolute atomic E-state index is 8.23. The molecular weight excluding hydrogens is 436 g/mol. The van der Waals surface area contributed by atoms with E-state index in [1.165, 1.54) is 6.92 Å². The van der Waals surface area contributed by atoms with E-state index < -0.39 is 33.3 Å². The van der Waals surface area contributed by atoms with Gasteiger partial charge in [0.25, 0.3) is 0 Å². The number of pyridine rings is 2. The largest absolute Gasteiger partial charge is 0.212 e. The SMILES string of the molecule is [2H]C([2H])([2H])c1c[n+](C)c(-c2ccc(C([2H])(C)C([2H])([2H])[2H])cc2C)cc1C.[2H]C([2H])([2H])c1ccc(-c2cc(C)c(C([2H])([2H])[2H])c[n+]2C)c(C)c1. The molecule has 188 valence electrons. The molecule has 2 heterocycles. The zero-order valence-electron chi connectivity index (χ0n) is 35.2. The highest BCUT2D eigenvalue weighted by molar-refractivity contribution is 5.63. The van der Waals surface area contributed by atoms with Crippen molar-refractivity contribution in [3.05, 3.63) is 105 Å². The number of hydrogen-bond acceptors (Lipinski definition) is 0. The van der Waals surface area contributed by atoms with E-state index in [9.17, 15) is 0 Å². The Morgan fingerprint density at radius 2 is 1.17 bits per heavy atom. The van der Waals surface area contributed by atoms with E-state index in [-0.39, 0.29) is 0 Å². The Balaban J connectivity index is 0.000000267. The third-order valence-electron chi connectivity index (χ3n) is 6.40. The number of nitrogens with zero attached hydrogens (tertiary/aromatic N) is 2. The Bertz CT molecular complexity index is 1850. The quantitative estimate of drug-likeness (QED) is 0.259. The Kier molecular flexibility index (Phi) is 4.50. The highest BCUT2D eigenvalue weighted by Gasteiger charge is 2.15. The first kappa shape index (κ1) is 14.5. The summed E-state index contributed by atoms with van der Waals surface area (Å²) >= 11 is 0. The molecule has 4 rings (SSSR count). The Hall–Kier alpha value is -3.26. The van der Waals surface area contributed by atoms with Gasteiger partial charge in [0.05, 0.1) is 0 Å². The summed E-state index contributed by atoms with van der Waals surface area (Å²) in [5.74, 6) is -1.69. The smallest absolute Gasteiger partial charge is 0.201 e. The molecule has 0 spiro atoms. The van der Waals surface area contributed by atoms with E-state index in [2.05, 4.69) is 0 Å². The van der Waals surface area contributed by atoms with E-state index in [1.54, 1.807) is 85.9 Å². The molecule has 0 aliphatic carbocycles. The molecule has 0 saturated heterocycles. The molecule has 2 aromatic heterocycles. The van der Waals surface area contributed by atoms with Crippen molar-refractivity contribution in [3.8, 4) is 22.5 Å². The Morgan fingerprint density at radius 1 is 0.639 bits per heavy atom. The van der Waals surface area contributed by atoms with Crippen molar-refractivity contribution in [1.82, 2.24) is 0 Å². The lowest BCUT2D eigenvalue weighted by molar-refractivity contribution is -0.660. The molecule has 1 unspecified atom stereocenters. The van der Waals surface area contributed by atoms with Crippen LogP contribution in [0.15, 0.2) is 60.9 Å². The minimum Gasteiger partial charge on any atom is -0.201 e. The Labute approximate surface area is 237 Å². The second-order valence-corrected chi connectivity index (χ2v) is 9.42. The van der Waals surface area contributed by atoms with Crippen LogP contribution in [0.2, 0.25) is 0 Å². The van der Waals surface area contributed by atoms with E-state index in [0.29, 0.717) is 33.4 Å². The van der Waals surface area contributed by atoms with Gasteiger partial charge in [-0.05, 0) is 94.1 Å². The van der Waals surface area contributed by atoms with Crippen LogP contribution >= 0.6 is 0 Å². The fourth-order valence-electron chi connectivity index (χ4n) is 4.17. The molecule has 36 heavy (non-hydrogen) atoms. The van der Waals surface area contributed by atoms with Gasteiger partial charge in [-0.15, -0.1) is 0 Å². The summed E-state index contributed by atoms with van der Waals surface area (Å²) in [6.45, 7) is -0.229. The van der Waals surface area contributed by atoms with Crippen molar-refractivity contribution >= 4 is 0 Å². The molecule has 2 aromatic carbocycles.